The van der Waals surface area contributed by atoms with Gasteiger partial charge >= 0.3 is 5.97 Å². The third kappa shape index (κ3) is 3.06. The molecule has 0 spiro atoms. The summed E-state index contributed by atoms with van der Waals surface area (Å²) in [5, 5.41) is 5.24. The van der Waals surface area contributed by atoms with E-state index in [1.165, 1.54) is 35.6 Å². The van der Waals surface area contributed by atoms with E-state index in [1.54, 1.807) is 6.92 Å². The Morgan fingerprint density at radius 1 is 1.20 bits per heavy atom. The van der Waals surface area contributed by atoms with Crippen molar-refractivity contribution < 1.29 is 23.5 Å². The average Bonchev–Trinajstić information content (AvgIpc) is 3.41. The molecule has 2 saturated heterocycles. The molecule has 1 aromatic heterocycles. The summed E-state index contributed by atoms with van der Waals surface area (Å²) in [4.78, 5) is 42.2. The van der Waals surface area contributed by atoms with Gasteiger partial charge in [-0.1, -0.05) is 19.4 Å². The van der Waals surface area contributed by atoms with Crippen LogP contribution in [0.2, 0.25) is 0 Å². The van der Waals surface area contributed by atoms with Crippen LogP contribution in [0.5, 0.6) is 0 Å². The molecule has 0 unspecified atom stereocenters. The highest BCUT2D eigenvalue weighted by molar-refractivity contribution is 7.10. The summed E-state index contributed by atoms with van der Waals surface area (Å²) in [6.07, 6.45) is 0.995. The third-order valence-corrected chi connectivity index (χ3v) is 6.83. The van der Waals surface area contributed by atoms with Crippen molar-refractivity contribution in [3.05, 3.63) is 52.5 Å². The number of amides is 2. The first-order valence-corrected chi connectivity index (χ1v) is 10.9. The molecule has 2 fully saturated rings. The predicted molar refractivity (Wildman–Crippen MR) is 110 cm³/mol. The number of thiophene rings is 1. The molecule has 1 aromatic carbocycles. The summed E-state index contributed by atoms with van der Waals surface area (Å²) in [6.45, 7) is 3.82. The number of hydrogen-bond acceptors (Lipinski definition) is 6. The van der Waals surface area contributed by atoms with E-state index < -0.39 is 41.1 Å². The second-order valence-electron chi connectivity index (χ2n) is 7.57. The number of carbonyl (C=O) groups is 3. The number of imide groups is 1. The Kier molecular flexibility index (Phi) is 5.46. The monoisotopic (exact) mass is 430 g/mol. The second kappa shape index (κ2) is 7.92. The summed E-state index contributed by atoms with van der Waals surface area (Å²) in [5.74, 6) is -3.43. The molecule has 0 bridgehead atoms. The van der Waals surface area contributed by atoms with Gasteiger partial charge in [-0.05, 0) is 49.1 Å². The smallest absolute Gasteiger partial charge is 0.327 e. The van der Waals surface area contributed by atoms with Gasteiger partial charge < -0.3 is 4.74 Å². The van der Waals surface area contributed by atoms with Crippen molar-refractivity contribution in [2.24, 2.45) is 11.8 Å². The summed E-state index contributed by atoms with van der Waals surface area (Å²) in [7, 11) is 0. The van der Waals surface area contributed by atoms with E-state index in [4.69, 9.17) is 4.74 Å². The number of carbonyl (C=O) groups excluding carboxylic acids is 3. The van der Waals surface area contributed by atoms with E-state index >= 15 is 0 Å². The molecule has 2 aliphatic heterocycles. The minimum absolute atomic E-state index is 0.177. The summed E-state index contributed by atoms with van der Waals surface area (Å²) < 4.78 is 18.8. The van der Waals surface area contributed by atoms with E-state index in [-0.39, 0.29) is 12.5 Å². The minimum atomic E-state index is -1.29. The molecule has 3 heterocycles. The molecule has 8 heteroatoms. The fraction of sp³-hybridized carbons (Fsp3) is 0.409. The standard InChI is InChI=1S/C22H23FN2O4S/c1-3-11-22(21(28)29-4-2)17-16(18(24-22)15-6-5-12-30-15)19(26)25(20(17)27)14-9-7-13(23)8-10-14/h5-10,12,16-18,24H,3-4,11H2,1-2H3/t16-,17+,18-,22+/m1/s1. The number of rotatable bonds is 6. The lowest BCUT2D eigenvalue weighted by Gasteiger charge is -2.32. The molecule has 4 rings (SSSR count). The average molecular weight is 431 g/mol. The lowest BCUT2D eigenvalue weighted by atomic mass is 9.77. The van der Waals surface area contributed by atoms with Crippen molar-refractivity contribution in [2.75, 3.05) is 11.5 Å². The van der Waals surface area contributed by atoms with Crippen molar-refractivity contribution in [3.63, 3.8) is 0 Å². The van der Waals surface area contributed by atoms with Crippen LogP contribution in [0.15, 0.2) is 41.8 Å². The zero-order chi connectivity index (χ0) is 21.5. The Bertz CT molecular complexity index is 962. The Morgan fingerprint density at radius 2 is 1.93 bits per heavy atom. The zero-order valence-electron chi connectivity index (χ0n) is 16.8. The van der Waals surface area contributed by atoms with Gasteiger partial charge in [-0.2, -0.15) is 0 Å². The molecule has 4 atom stereocenters. The molecule has 6 nitrogen and oxygen atoms in total. The van der Waals surface area contributed by atoms with Crippen molar-refractivity contribution in [2.45, 2.75) is 38.3 Å². The molecule has 2 aromatic rings. The fourth-order valence-corrected chi connectivity index (χ4v) is 5.56. The number of nitrogens with one attached hydrogen (secondary N) is 1. The molecule has 2 amide bonds. The minimum Gasteiger partial charge on any atom is -0.465 e. The van der Waals surface area contributed by atoms with E-state index in [9.17, 15) is 18.8 Å². The number of anilines is 1. The normalized spacial score (nSPS) is 28.1. The first kappa shape index (κ1) is 20.7. The van der Waals surface area contributed by atoms with Crippen LogP contribution in [0.1, 0.15) is 37.6 Å². The summed E-state index contributed by atoms with van der Waals surface area (Å²) in [6, 6.07) is 8.53. The first-order valence-electron chi connectivity index (χ1n) is 10.1. The molecular formula is C22H23FN2O4S. The fourth-order valence-electron chi connectivity index (χ4n) is 4.73. The maximum atomic E-state index is 13.6. The van der Waals surface area contributed by atoms with Crippen LogP contribution in [-0.4, -0.2) is 29.9 Å². The molecule has 158 valence electrons. The topological polar surface area (TPSA) is 75.7 Å². The highest BCUT2D eigenvalue weighted by Gasteiger charge is 2.68. The van der Waals surface area contributed by atoms with Gasteiger partial charge in [0.05, 0.1) is 30.2 Å². The largest absolute Gasteiger partial charge is 0.465 e. The lowest BCUT2D eigenvalue weighted by Crippen LogP contribution is -2.56. The highest BCUT2D eigenvalue weighted by Crippen LogP contribution is 2.52. The predicted octanol–water partition coefficient (Wildman–Crippen LogP) is 3.44. The van der Waals surface area contributed by atoms with Crippen LogP contribution >= 0.6 is 11.3 Å². The maximum Gasteiger partial charge on any atom is 0.327 e. The number of fused-ring (bicyclic) bond motifs is 1. The van der Waals surface area contributed by atoms with Crippen molar-refractivity contribution >= 4 is 34.8 Å². The Balaban J connectivity index is 1.84. The van der Waals surface area contributed by atoms with Crippen LogP contribution in [0.4, 0.5) is 10.1 Å². The van der Waals surface area contributed by atoms with E-state index in [2.05, 4.69) is 5.32 Å². The molecule has 2 aliphatic rings. The number of benzene rings is 1. The van der Waals surface area contributed by atoms with Crippen LogP contribution in [0.25, 0.3) is 0 Å². The second-order valence-corrected chi connectivity index (χ2v) is 8.55. The zero-order valence-corrected chi connectivity index (χ0v) is 17.6. The number of hydrogen-bond donors (Lipinski definition) is 1. The summed E-state index contributed by atoms with van der Waals surface area (Å²) in [5.41, 5.74) is -0.981. The number of nitrogens with zero attached hydrogens (tertiary/aromatic N) is 1. The van der Waals surface area contributed by atoms with Crippen LogP contribution in [0.3, 0.4) is 0 Å². The van der Waals surface area contributed by atoms with Crippen molar-refractivity contribution in [1.82, 2.24) is 5.32 Å². The molecule has 0 aliphatic carbocycles. The number of esters is 1. The van der Waals surface area contributed by atoms with E-state index in [0.717, 1.165) is 9.78 Å². The molecule has 0 saturated carbocycles. The Labute approximate surface area is 178 Å². The number of halogens is 1. The Hall–Kier alpha value is -2.58. The lowest BCUT2D eigenvalue weighted by molar-refractivity contribution is -0.155. The van der Waals surface area contributed by atoms with Gasteiger partial charge in [-0.3, -0.25) is 19.7 Å². The Morgan fingerprint density at radius 3 is 2.53 bits per heavy atom. The molecule has 1 N–H and O–H groups in total. The quantitative estimate of drug-likeness (QED) is 0.561. The van der Waals surface area contributed by atoms with Gasteiger partial charge in [0, 0.05) is 4.88 Å². The van der Waals surface area contributed by atoms with Gasteiger partial charge in [0.2, 0.25) is 11.8 Å². The maximum absolute atomic E-state index is 13.6. The third-order valence-electron chi connectivity index (χ3n) is 5.87. The van der Waals surface area contributed by atoms with Crippen LogP contribution < -0.4 is 10.2 Å². The molecular weight excluding hydrogens is 407 g/mol. The van der Waals surface area contributed by atoms with Gasteiger partial charge in [0.25, 0.3) is 0 Å². The highest BCUT2D eigenvalue weighted by atomic mass is 32.1. The SMILES string of the molecule is CCC[C@]1(C(=O)OCC)N[C@H](c2cccs2)[C@@H]2C(=O)N(c3ccc(F)cc3)C(=O)[C@H]21. The van der Waals surface area contributed by atoms with Crippen LogP contribution in [-0.2, 0) is 19.1 Å². The van der Waals surface area contributed by atoms with Gasteiger partial charge in [0.1, 0.15) is 11.4 Å². The van der Waals surface area contributed by atoms with Crippen molar-refractivity contribution in [3.8, 4) is 0 Å². The van der Waals surface area contributed by atoms with Gasteiger partial charge in [-0.25, -0.2) is 9.29 Å². The summed E-state index contributed by atoms with van der Waals surface area (Å²) >= 11 is 1.47. The van der Waals surface area contributed by atoms with Crippen LogP contribution in [0, 0.1) is 17.7 Å². The molecule has 0 radical (unpaired) electrons. The first-order chi connectivity index (χ1) is 14.4. The van der Waals surface area contributed by atoms with E-state index in [1.807, 2.05) is 24.4 Å². The van der Waals surface area contributed by atoms with Crippen molar-refractivity contribution in [1.29, 1.82) is 0 Å². The van der Waals surface area contributed by atoms with E-state index in [0.29, 0.717) is 18.5 Å². The van der Waals surface area contributed by atoms with Gasteiger partial charge in [0.15, 0.2) is 0 Å². The van der Waals surface area contributed by atoms with Gasteiger partial charge in [-0.15, -0.1) is 11.3 Å². The molecule has 30 heavy (non-hydrogen) atoms. The number of ether oxygens (including phenoxy) is 1.